The summed E-state index contributed by atoms with van der Waals surface area (Å²) in [4.78, 5) is 39.9. The number of hydrogen-bond acceptors (Lipinski definition) is 8. The molecule has 0 radical (unpaired) electrons. The van der Waals surface area contributed by atoms with Gasteiger partial charge in [0, 0.05) is 118 Å². The third-order valence-electron chi connectivity index (χ3n) is 29.0. The molecule has 11 heterocycles. The van der Waals surface area contributed by atoms with E-state index in [0.29, 0.717) is 23.4 Å². The van der Waals surface area contributed by atoms with Crippen molar-refractivity contribution in [3.63, 3.8) is 0 Å². The first-order chi connectivity index (χ1) is 74.4. The van der Waals surface area contributed by atoms with Crippen LogP contribution in [-0.2, 0) is 0 Å². The van der Waals surface area contributed by atoms with E-state index in [4.69, 9.17) is 39.9 Å². The summed E-state index contributed by atoms with van der Waals surface area (Å²) < 4.78 is 13.8. The van der Waals surface area contributed by atoms with E-state index in [1.165, 1.54) is 66.0 Å². The second kappa shape index (κ2) is 37.0. The van der Waals surface area contributed by atoms with E-state index in [1.54, 1.807) is 0 Å². The molecule has 14 heteroatoms. The second-order valence-corrected chi connectivity index (χ2v) is 37.8. The molecule has 0 saturated heterocycles. The topological polar surface area (TPSA) is 133 Å². The van der Waals surface area contributed by atoms with Gasteiger partial charge in [0.15, 0.2) is 17.5 Å². The molecule has 0 aliphatic rings. The summed E-state index contributed by atoms with van der Waals surface area (Å²) in [5, 5.41) is 10.5. The van der Waals surface area contributed by atoms with Crippen LogP contribution in [0.1, 0.15) is 0 Å². The molecule has 0 unspecified atom stereocenters. The van der Waals surface area contributed by atoms with Crippen molar-refractivity contribution in [1.82, 2.24) is 67.3 Å². The van der Waals surface area contributed by atoms with Gasteiger partial charge < -0.3 is 18.3 Å². The summed E-state index contributed by atoms with van der Waals surface area (Å²) in [6.07, 6.45) is 5.63. The van der Waals surface area contributed by atoms with Gasteiger partial charge in [0.05, 0.1) is 88.4 Å². The first kappa shape index (κ1) is 87.3. The fourth-order valence-corrected chi connectivity index (χ4v) is 22.0. The summed E-state index contributed by atoms with van der Waals surface area (Å²) >= 11 is 0. The van der Waals surface area contributed by atoms with Crippen molar-refractivity contribution in [3.05, 3.63) is 534 Å². The molecule has 0 fully saturated rings. The Balaban J connectivity index is 0.000000108. The Morgan fingerprint density at radius 2 is 0.393 bits per heavy atom. The van der Waals surface area contributed by atoms with Gasteiger partial charge in [-0.15, -0.1) is 0 Å². The van der Waals surface area contributed by atoms with Gasteiger partial charge in [-0.2, -0.15) is 9.97 Å². The highest BCUT2D eigenvalue weighted by atomic mass is 15.2. The minimum absolute atomic E-state index is 0.576. The number of hydrogen-bond donors (Lipinski definition) is 0. The molecule has 0 aliphatic heterocycles. The minimum atomic E-state index is 0.576. The van der Waals surface area contributed by atoms with Crippen molar-refractivity contribution in [1.29, 1.82) is 0 Å². The third-order valence-corrected chi connectivity index (χ3v) is 29.0. The van der Waals surface area contributed by atoms with Crippen molar-refractivity contribution >= 4 is 131 Å². The molecule has 11 aromatic heterocycles. The molecule has 0 bridgehead atoms. The van der Waals surface area contributed by atoms with Gasteiger partial charge in [0.25, 0.3) is 0 Å². The fraction of sp³-hybridized carbons (Fsp3) is 0. The lowest BCUT2D eigenvalue weighted by Gasteiger charge is -2.13. The lowest BCUT2D eigenvalue weighted by Crippen LogP contribution is -2.06. The molecular weight excluding hydrogens is 1830 g/mol. The first-order valence-corrected chi connectivity index (χ1v) is 50.5. The predicted octanol–water partition coefficient (Wildman–Crippen LogP) is 33.8. The highest BCUT2D eigenvalue weighted by Gasteiger charge is 2.26. The van der Waals surface area contributed by atoms with Crippen molar-refractivity contribution < 1.29 is 0 Å². The maximum Gasteiger partial charge on any atom is 0.238 e. The SMILES string of the molecule is c1ccc(-c2cc(-n3c4ccccc4c4ccc(-c5ccc6c7ncccc7n(-c7ccccc7)c6c5)cc43)nc(-c3ccccc3)n2)cc1.c1ccc(-c2ccc(-n3c4cc(-c5ccc6c7ccccc7n(-c7cccc(-c8ccccc8)c7)c6c5)ccc4c4ncccc43)cc2)cc1.c1ccc(-c2nc(-c3ccccc3)nc(-n3c4ccccc4c4ccc(-c5ccc6c7ncccc7n(-c7ccccc7)c6c5)cc43)n2)cc1. The molecule has 30 rings (SSSR count). The maximum absolute atomic E-state index is 5.23. The minimum Gasteiger partial charge on any atom is -0.309 e. The molecule has 19 aromatic carbocycles. The van der Waals surface area contributed by atoms with Crippen LogP contribution in [0.5, 0.6) is 0 Å². The number of fused-ring (bicyclic) bond motifs is 18. The van der Waals surface area contributed by atoms with E-state index in [9.17, 15) is 0 Å². The Morgan fingerprint density at radius 1 is 0.133 bits per heavy atom. The Labute approximate surface area is 862 Å². The summed E-state index contributed by atoms with van der Waals surface area (Å²) in [6, 6.07) is 182. The normalized spacial score (nSPS) is 11.6. The quantitative estimate of drug-likeness (QED) is 0.0991. The number of pyridine rings is 3. The first-order valence-electron chi connectivity index (χ1n) is 50.5. The average Bonchev–Trinajstić information content (AvgIpc) is 1.58. The smallest absolute Gasteiger partial charge is 0.238 e. The highest BCUT2D eigenvalue weighted by Crippen LogP contribution is 2.45. The molecule has 0 atom stereocenters. The van der Waals surface area contributed by atoms with Crippen LogP contribution in [0.25, 0.3) is 267 Å². The molecule has 30 aromatic rings. The van der Waals surface area contributed by atoms with Gasteiger partial charge in [-0.25, -0.2) is 15.0 Å². The molecule has 702 valence electrons. The lowest BCUT2D eigenvalue weighted by atomic mass is 10.0. The third kappa shape index (κ3) is 15.4. The zero-order valence-corrected chi connectivity index (χ0v) is 81.1. The van der Waals surface area contributed by atoms with E-state index in [2.05, 4.69) is 434 Å². The van der Waals surface area contributed by atoms with Crippen LogP contribution in [0.3, 0.4) is 0 Å². The molecular formula is C136H88N14. The lowest BCUT2D eigenvalue weighted by molar-refractivity contribution is 0.953. The number of para-hydroxylation sites is 5. The second-order valence-electron chi connectivity index (χ2n) is 37.8. The molecule has 150 heavy (non-hydrogen) atoms. The van der Waals surface area contributed by atoms with Gasteiger partial charge in [0.2, 0.25) is 5.95 Å². The van der Waals surface area contributed by atoms with Crippen LogP contribution < -0.4 is 0 Å². The molecule has 0 N–H and O–H groups in total. The zero-order valence-electron chi connectivity index (χ0n) is 81.1. The Morgan fingerprint density at radius 3 is 0.800 bits per heavy atom. The average molecular weight is 1920 g/mol. The Hall–Kier alpha value is -20.5. The number of nitrogens with zero attached hydrogens (tertiary/aromatic N) is 14. The van der Waals surface area contributed by atoms with E-state index in [1.807, 2.05) is 128 Å². The van der Waals surface area contributed by atoms with Crippen LogP contribution in [0, 0.1) is 0 Å². The summed E-state index contributed by atoms with van der Waals surface area (Å²) in [7, 11) is 0. The predicted molar refractivity (Wildman–Crippen MR) is 617 cm³/mol. The zero-order chi connectivity index (χ0) is 99.1. The number of rotatable bonds is 15. The molecule has 0 aliphatic carbocycles. The van der Waals surface area contributed by atoms with Crippen molar-refractivity contribution in [2.24, 2.45) is 0 Å². The Kier molecular flexibility index (Phi) is 21.6. The van der Waals surface area contributed by atoms with E-state index in [0.717, 1.165) is 177 Å². The van der Waals surface area contributed by atoms with E-state index < -0.39 is 0 Å². The highest BCUT2D eigenvalue weighted by molar-refractivity contribution is 6.16. The van der Waals surface area contributed by atoms with Gasteiger partial charge in [-0.05, 0) is 213 Å². The monoisotopic (exact) mass is 1920 g/mol. The van der Waals surface area contributed by atoms with Gasteiger partial charge in [-0.3, -0.25) is 24.1 Å². The van der Waals surface area contributed by atoms with E-state index >= 15 is 0 Å². The molecule has 0 amide bonds. The van der Waals surface area contributed by atoms with E-state index in [-0.39, 0.29) is 0 Å². The van der Waals surface area contributed by atoms with Gasteiger partial charge >= 0.3 is 0 Å². The van der Waals surface area contributed by atoms with Crippen LogP contribution in [-0.4, -0.2) is 67.3 Å². The molecule has 14 nitrogen and oxygen atoms in total. The van der Waals surface area contributed by atoms with Crippen LogP contribution in [0.2, 0.25) is 0 Å². The van der Waals surface area contributed by atoms with Crippen molar-refractivity contribution in [2.75, 3.05) is 0 Å². The summed E-state index contributed by atoms with van der Waals surface area (Å²) in [6.45, 7) is 0. The van der Waals surface area contributed by atoms with Crippen LogP contribution in [0.15, 0.2) is 534 Å². The van der Waals surface area contributed by atoms with Crippen LogP contribution >= 0.6 is 0 Å². The largest absolute Gasteiger partial charge is 0.309 e. The number of benzene rings is 19. The van der Waals surface area contributed by atoms with Gasteiger partial charge in [0.1, 0.15) is 5.82 Å². The number of aromatic nitrogens is 14. The maximum atomic E-state index is 5.23. The Bertz CT molecular complexity index is 9930. The van der Waals surface area contributed by atoms with Crippen molar-refractivity contribution in [2.45, 2.75) is 0 Å². The molecule has 0 spiro atoms. The fourth-order valence-electron chi connectivity index (χ4n) is 22.0. The van der Waals surface area contributed by atoms with Crippen molar-refractivity contribution in [3.8, 4) is 136 Å². The molecule has 0 saturated carbocycles. The standard InChI is InChI=1S/C47H31N3.C45H29N5.C44H28N6/c1-3-11-32(12-4-1)34-20-24-38(25-21-34)49-44-19-10-28-48-47(44)42-27-23-37(31-46(42)49)36-22-26-41-40-17-7-8-18-43(40)50(45(41)30-36)39-16-9-15-35(29-39)33-13-5-2-6-14-33;1-4-13-30(14-5-1)38-29-43(48-45(47-38)31-15-6-2-7-16-31)50-39-20-11-10-19-35(39)36-24-22-32(27-41(36)50)33-23-25-37-42(28-33)49(34-17-8-3-9-18-34)40-21-12-26-46-44(37)40;1-4-13-29(14-5-1)42-46-43(30-15-6-2-7-16-30)48-44(47-42)50-37-20-11-10-19-34(37)35-24-22-31(27-39(35)50)32-23-25-36-40(28-32)49(33-17-8-3-9-18-33)38-21-12-26-45-41(36)38/h1-31H;1-29H;1-28H. The summed E-state index contributed by atoms with van der Waals surface area (Å²) in [5.74, 6) is 3.35. The van der Waals surface area contributed by atoms with Gasteiger partial charge in [-0.1, -0.05) is 352 Å². The summed E-state index contributed by atoms with van der Waals surface area (Å²) in [5.41, 5.74) is 37.2. The van der Waals surface area contributed by atoms with Crippen LogP contribution in [0.4, 0.5) is 0 Å².